The second-order valence-corrected chi connectivity index (χ2v) is 4.23. The number of ketones is 1. The van der Waals surface area contributed by atoms with Crippen molar-refractivity contribution in [1.29, 1.82) is 0 Å². The minimum Gasteiger partial charge on any atom is -0.298 e. The number of carbonyl (C=O) groups excluding carboxylic acids is 1. The first-order valence-corrected chi connectivity index (χ1v) is 6.23. The van der Waals surface area contributed by atoms with Gasteiger partial charge in [-0.15, -0.1) is 23.4 Å². The SMILES string of the molecule is CSc1cc(CC(=O)CCl)ccc1[N+](=O)[O-]. The molecule has 0 heterocycles. The van der Waals surface area contributed by atoms with Crippen LogP contribution in [0.15, 0.2) is 23.1 Å². The molecule has 0 unspecified atom stereocenters. The van der Waals surface area contributed by atoms with Crippen LogP contribution in [0.5, 0.6) is 0 Å². The lowest BCUT2D eigenvalue weighted by Gasteiger charge is -2.03. The van der Waals surface area contributed by atoms with Gasteiger partial charge in [0.25, 0.3) is 5.69 Å². The van der Waals surface area contributed by atoms with Crippen LogP contribution in [0.2, 0.25) is 0 Å². The largest absolute Gasteiger partial charge is 0.298 e. The number of thioether (sulfide) groups is 1. The Morgan fingerprint density at radius 1 is 1.56 bits per heavy atom. The number of Topliss-reactive ketones (excluding diaryl/α,β-unsaturated/α-hetero) is 1. The van der Waals surface area contributed by atoms with Crippen LogP contribution in [0.4, 0.5) is 5.69 Å². The molecule has 1 aromatic carbocycles. The lowest BCUT2D eigenvalue weighted by Crippen LogP contribution is -2.04. The van der Waals surface area contributed by atoms with Crippen molar-refractivity contribution in [3.63, 3.8) is 0 Å². The summed E-state index contributed by atoms with van der Waals surface area (Å²) in [6.07, 6.45) is 1.98. The molecule has 1 aromatic rings. The highest BCUT2D eigenvalue weighted by atomic mass is 35.5. The fourth-order valence-corrected chi connectivity index (χ4v) is 1.97. The van der Waals surface area contributed by atoms with E-state index in [4.69, 9.17) is 11.6 Å². The highest BCUT2D eigenvalue weighted by molar-refractivity contribution is 7.98. The molecule has 86 valence electrons. The molecule has 4 nitrogen and oxygen atoms in total. The zero-order chi connectivity index (χ0) is 12.1. The van der Waals surface area contributed by atoms with Gasteiger partial charge in [-0.2, -0.15) is 0 Å². The van der Waals surface area contributed by atoms with Crippen molar-refractivity contribution >= 4 is 34.8 Å². The lowest BCUT2D eigenvalue weighted by molar-refractivity contribution is -0.387. The van der Waals surface area contributed by atoms with E-state index in [2.05, 4.69) is 0 Å². The van der Waals surface area contributed by atoms with Gasteiger partial charge in [0, 0.05) is 12.5 Å². The van der Waals surface area contributed by atoms with E-state index in [0.717, 1.165) is 5.56 Å². The van der Waals surface area contributed by atoms with Gasteiger partial charge in [-0.1, -0.05) is 6.07 Å². The van der Waals surface area contributed by atoms with E-state index in [9.17, 15) is 14.9 Å². The van der Waals surface area contributed by atoms with E-state index in [1.807, 2.05) is 0 Å². The molecule has 0 spiro atoms. The standard InChI is InChI=1S/C10H10ClNO3S/c1-16-10-5-7(4-8(13)6-11)2-3-9(10)12(14)15/h2-3,5H,4,6H2,1H3. The van der Waals surface area contributed by atoms with Gasteiger partial charge in [0.15, 0.2) is 5.78 Å². The van der Waals surface area contributed by atoms with Crippen LogP contribution in [-0.4, -0.2) is 22.8 Å². The summed E-state index contributed by atoms with van der Waals surface area (Å²) < 4.78 is 0. The molecule has 0 amide bonds. The van der Waals surface area contributed by atoms with Gasteiger partial charge in [-0.05, 0) is 17.9 Å². The molecule has 0 bridgehead atoms. The first-order valence-electron chi connectivity index (χ1n) is 4.47. The quantitative estimate of drug-likeness (QED) is 0.353. The Balaban J connectivity index is 2.99. The van der Waals surface area contributed by atoms with Gasteiger partial charge < -0.3 is 0 Å². The van der Waals surface area contributed by atoms with Crippen LogP contribution in [0.1, 0.15) is 5.56 Å². The van der Waals surface area contributed by atoms with E-state index in [1.54, 1.807) is 18.4 Å². The molecule has 0 radical (unpaired) electrons. The van der Waals surface area contributed by atoms with Crippen LogP contribution >= 0.6 is 23.4 Å². The van der Waals surface area contributed by atoms with Gasteiger partial charge >= 0.3 is 0 Å². The second kappa shape index (κ2) is 5.86. The lowest BCUT2D eigenvalue weighted by atomic mass is 10.1. The van der Waals surface area contributed by atoms with Crippen LogP contribution in [0, 0.1) is 10.1 Å². The highest BCUT2D eigenvalue weighted by Gasteiger charge is 2.14. The third kappa shape index (κ3) is 3.21. The van der Waals surface area contributed by atoms with Crippen LogP contribution in [0.25, 0.3) is 0 Å². The Morgan fingerprint density at radius 2 is 2.25 bits per heavy atom. The minimum absolute atomic E-state index is 0.0361. The Morgan fingerprint density at radius 3 is 2.75 bits per heavy atom. The van der Waals surface area contributed by atoms with Crippen molar-refractivity contribution < 1.29 is 9.72 Å². The Bertz CT molecular complexity index is 423. The molecule has 0 fully saturated rings. The van der Waals surface area contributed by atoms with Crippen LogP contribution < -0.4 is 0 Å². The molecule has 1 rings (SSSR count). The van der Waals surface area contributed by atoms with Crippen molar-refractivity contribution in [1.82, 2.24) is 0 Å². The van der Waals surface area contributed by atoms with Crippen molar-refractivity contribution in [2.75, 3.05) is 12.1 Å². The second-order valence-electron chi connectivity index (χ2n) is 3.11. The van der Waals surface area contributed by atoms with E-state index in [1.165, 1.54) is 17.8 Å². The average Bonchev–Trinajstić information content (AvgIpc) is 2.28. The summed E-state index contributed by atoms with van der Waals surface area (Å²) in [5.41, 5.74) is 0.815. The number of carbonyl (C=O) groups is 1. The summed E-state index contributed by atoms with van der Waals surface area (Å²) in [6.45, 7) is 0. The van der Waals surface area contributed by atoms with Crippen molar-refractivity contribution in [3.05, 3.63) is 33.9 Å². The number of hydrogen-bond donors (Lipinski definition) is 0. The normalized spacial score (nSPS) is 10.1. The summed E-state index contributed by atoms with van der Waals surface area (Å²) in [5.74, 6) is -0.131. The number of nitro benzene ring substituents is 1. The fourth-order valence-electron chi connectivity index (χ4n) is 1.26. The number of rotatable bonds is 5. The van der Waals surface area contributed by atoms with Gasteiger partial charge in [0.2, 0.25) is 0 Å². The molecule has 0 atom stereocenters. The molecule has 6 heteroatoms. The topological polar surface area (TPSA) is 60.2 Å². The van der Waals surface area contributed by atoms with E-state index >= 15 is 0 Å². The monoisotopic (exact) mass is 259 g/mol. The van der Waals surface area contributed by atoms with Crippen LogP contribution in [0.3, 0.4) is 0 Å². The Labute approximate surface area is 102 Å². The van der Waals surface area contributed by atoms with E-state index in [0.29, 0.717) is 4.90 Å². The number of benzene rings is 1. The number of alkyl halides is 1. The summed E-state index contributed by atoms with van der Waals surface area (Å²) in [4.78, 5) is 21.9. The summed E-state index contributed by atoms with van der Waals surface area (Å²) >= 11 is 6.68. The maximum absolute atomic E-state index is 11.1. The molecule has 0 saturated carbocycles. The molecule has 0 aromatic heterocycles. The Hall–Kier alpha value is -1.07. The predicted molar refractivity (Wildman–Crippen MR) is 64.3 cm³/mol. The first-order chi connectivity index (χ1) is 7.58. The van der Waals surface area contributed by atoms with Crippen molar-refractivity contribution in [2.45, 2.75) is 11.3 Å². The maximum Gasteiger partial charge on any atom is 0.282 e. The maximum atomic E-state index is 11.1. The van der Waals surface area contributed by atoms with Gasteiger partial charge in [0.1, 0.15) is 0 Å². The summed E-state index contributed by atoms with van der Waals surface area (Å²) in [6, 6.07) is 4.66. The van der Waals surface area contributed by atoms with Gasteiger partial charge in [-0.3, -0.25) is 14.9 Å². The molecule has 16 heavy (non-hydrogen) atoms. The summed E-state index contributed by atoms with van der Waals surface area (Å²) in [7, 11) is 0. The fraction of sp³-hybridized carbons (Fsp3) is 0.300. The van der Waals surface area contributed by atoms with Crippen molar-refractivity contribution in [3.8, 4) is 0 Å². The number of halogens is 1. The summed E-state index contributed by atoms with van der Waals surface area (Å²) in [5, 5.41) is 10.7. The highest BCUT2D eigenvalue weighted by Crippen LogP contribution is 2.28. The zero-order valence-electron chi connectivity index (χ0n) is 8.60. The molecule has 0 saturated heterocycles. The third-order valence-corrected chi connectivity index (χ3v) is 3.06. The molecule has 0 aliphatic heterocycles. The average molecular weight is 260 g/mol. The number of nitro groups is 1. The minimum atomic E-state index is -0.432. The number of nitrogens with zero attached hydrogens (tertiary/aromatic N) is 1. The third-order valence-electron chi connectivity index (χ3n) is 1.99. The Kier molecular flexibility index (Phi) is 4.76. The molecule has 0 N–H and O–H groups in total. The first kappa shape index (κ1) is 13.0. The van der Waals surface area contributed by atoms with Gasteiger partial charge in [0.05, 0.1) is 15.7 Å². The molecule has 0 aliphatic carbocycles. The van der Waals surface area contributed by atoms with E-state index < -0.39 is 4.92 Å². The van der Waals surface area contributed by atoms with Gasteiger partial charge in [-0.25, -0.2) is 0 Å². The zero-order valence-corrected chi connectivity index (χ0v) is 10.2. The molecular weight excluding hydrogens is 250 g/mol. The smallest absolute Gasteiger partial charge is 0.282 e. The predicted octanol–water partition coefficient (Wildman–Crippen LogP) is 2.67. The van der Waals surface area contributed by atoms with Crippen LogP contribution in [-0.2, 0) is 11.2 Å². The van der Waals surface area contributed by atoms with E-state index in [-0.39, 0.29) is 23.8 Å². The molecule has 0 aliphatic rings. The van der Waals surface area contributed by atoms with Crippen molar-refractivity contribution in [2.24, 2.45) is 0 Å². The molecular formula is C10H10ClNO3S. The number of hydrogen-bond acceptors (Lipinski definition) is 4.